The second-order valence-corrected chi connectivity index (χ2v) is 9.89. The Labute approximate surface area is 172 Å². The SMILES string of the molecule is COc1cccc(N2C(=O)CN(CCCc3ccccc3)C3CS(=O)(=O)CC32)c1. The van der Waals surface area contributed by atoms with Gasteiger partial charge in [0.1, 0.15) is 5.75 Å². The Morgan fingerprint density at radius 1 is 1.03 bits per heavy atom. The lowest BCUT2D eigenvalue weighted by molar-refractivity contribution is -0.123. The maximum Gasteiger partial charge on any atom is 0.241 e. The smallest absolute Gasteiger partial charge is 0.241 e. The monoisotopic (exact) mass is 414 g/mol. The summed E-state index contributed by atoms with van der Waals surface area (Å²) in [5, 5.41) is 0. The number of carbonyl (C=O) groups excluding carboxylic acids is 1. The molecule has 0 spiro atoms. The highest BCUT2D eigenvalue weighted by Gasteiger charge is 2.49. The first-order valence-corrected chi connectivity index (χ1v) is 11.7. The predicted molar refractivity (Wildman–Crippen MR) is 113 cm³/mol. The van der Waals surface area contributed by atoms with Crippen LogP contribution in [0.15, 0.2) is 54.6 Å². The number of aryl methyl sites for hydroxylation is 1. The number of methoxy groups -OCH3 is 1. The number of piperazine rings is 1. The number of anilines is 1. The average Bonchev–Trinajstić information content (AvgIpc) is 3.04. The maximum atomic E-state index is 13.0. The van der Waals surface area contributed by atoms with Gasteiger partial charge in [0.05, 0.1) is 31.2 Å². The van der Waals surface area contributed by atoms with Crippen LogP contribution in [0.5, 0.6) is 5.75 Å². The molecule has 1 amide bonds. The van der Waals surface area contributed by atoms with Gasteiger partial charge in [-0.25, -0.2) is 8.42 Å². The van der Waals surface area contributed by atoms with Crippen molar-refractivity contribution in [1.29, 1.82) is 0 Å². The number of nitrogens with zero attached hydrogens (tertiary/aromatic N) is 2. The molecule has 2 saturated heterocycles. The van der Waals surface area contributed by atoms with E-state index in [9.17, 15) is 13.2 Å². The molecule has 2 aliphatic heterocycles. The van der Waals surface area contributed by atoms with E-state index in [1.807, 2.05) is 36.4 Å². The number of amides is 1. The van der Waals surface area contributed by atoms with Gasteiger partial charge < -0.3 is 9.64 Å². The van der Waals surface area contributed by atoms with Crippen LogP contribution in [0, 0.1) is 0 Å². The summed E-state index contributed by atoms with van der Waals surface area (Å²) >= 11 is 0. The van der Waals surface area contributed by atoms with Crippen LogP contribution in [0.3, 0.4) is 0 Å². The lowest BCUT2D eigenvalue weighted by Crippen LogP contribution is -2.62. The van der Waals surface area contributed by atoms with E-state index >= 15 is 0 Å². The highest BCUT2D eigenvalue weighted by molar-refractivity contribution is 7.91. The Bertz CT molecular complexity index is 977. The van der Waals surface area contributed by atoms with E-state index in [1.165, 1.54) is 5.56 Å². The molecule has 6 nitrogen and oxygen atoms in total. The van der Waals surface area contributed by atoms with Gasteiger partial charge in [0, 0.05) is 17.8 Å². The second-order valence-electron chi connectivity index (χ2n) is 7.74. The summed E-state index contributed by atoms with van der Waals surface area (Å²) in [5.74, 6) is 0.710. The third-order valence-corrected chi connectivity index (χ3v) is 7.49. The van der Waals surface area contributed by atoms with Crippen molar-refractivity contribution in [3.05, 3.63) is 60.2 Å². The summed E-state index contributed by atoms with van der Waals surface area (Å²) in [7, 11) is -1.61. The highest BCUT2D eigenvalue weighted by atomic mass is 32.2. The van der Waals surface area contributed by atoms with Gasteiger partial charge in [-0.3, -0.25) is 9.69 Å². The zero-order chi connectivity index (χ0) is 20.4. The number of rotatable bonds is 6. The van der Waals surface area contributed by atoms with Crippen LogP contribution in [0.4, 0.5) is 5.69 Å². The van der Waals surface area contributed by atoms with E-state index < -0.39 is 9.84 Å². The third-order valence-electron chi connectivity index (χ3n) is 5.79. The van der Waals surface area contributed by atoms with E-state index in [-0.39, 0.29) is 36.0 Å². The van der Waals surface area contributed by atoms with Crippen molar-refractivity contribution >= 4 is 21.4 Å². The number of hydrogen-bond acceptors (Lipinski definition) is 5. The Balaban J connectivity index is 1.53. The van der Waals surface area contributed by atoms with Crippen molar-refractivity contribution in [1.82, 2.24) is 4.90 Å². The van der Waals surface area contributed by atoms with E-state index in [1.54, 1.807) is 18.1 Å². The molecule has 0 aromatic heterocycles. The first-order chi connectivity index (χ1) is 14.0. The summed E-state index contributed by atoms with van der Waals surface area (Å²) < 4.78 is 30.2. The van der Waals surface area contributed by atoms with E-state index in [0.29, 0.717) is 18.0 Å². The first-order valence-electron chi connectivity index (χ1n) is 9.91. The van der Waals surface area contributed by atoms with Gasteiger partial charge in [0.15, 0.2) is 9.84 Å². The zero-order valence-corrected chi connectivity index (χ0v) is 17.3. The van der Waals surface area contributed by atoms with Gasteiger partial charge in [0.2, 0.25) is 5.91 Å². The molecule has 2 aromatic rings. The minimum absolute atomic E-state index is 0.00972. The molecule has 2 heterocycles. The van der Waals surface area contributed by atoms with Crippen LogP contribution in [-0.4, -0.2) is 63.0 Å². The van der Waals surface area contributed by atoms with Gasteiger partial charge >= 0.3 is 0 Å². The van der Waals surface area contributed by atoms with Crippen molar-refractivity contribution in [2.75, 3.05) is 36.6 Å². The zero-order valence-electron chi connectivity index (χ0n) is 16.5. The Morgan fingerprint density at radius 3 is 2.55 bits per heavy atom. The molecule has 4 rings (SSSR count). The van der Waals surface area contributed by atoms with Crippen LogP contribution in [0.2, 0.25) is 0 Å². The molecule has 0 aliphatic carbocycles. The molecule has 7 heteroatoms. The van der Waals surface area contributed by atoms with Crippen molar-refractivity contribution in [3.63, 3.8) is 0 Å². The molecule has 2 aromatic carbocycles. The first kappa shape index (κ1) is 19.9. The van der Waals surface area contributed by atoms with Crippen LogP contribution in [0.1, 0.15) is 12.0 Å². The van der Waals surface area contributed by atoms with Crippen molar-refractivity contribution in [2.24, 2.45) is 0 Å². The number of fused-ring (bicyclic) bond motifs is 1. The maximum absolute atomic E-state index is 13.0. The molecule has 0 N–H and O–H groups in total. The molecule has 154 valence electrons. The molecule has 0 bridgehead atoms. The standard InChI is InChI=1S/C22H26N2O4S/c1-28-19-11-5-10-18(13-19)24-21-16-29(26,27)15-20(21)23(14-22(24)25)12-6-9-17-7-3-2-4-8-17/h2-5,7-8,10-11,13,20-21H,6,9,12,14-16H2,1H3. The normalized spacial score (nSPS) is 23.8. The number of hydrogen-bond donors (Lipinski definition) is 0. The molecular weight excluding hydrogens is 388 g/mol. The molecule has 2 aliphatic rings. The summed E-state index contributed by atoms with van der Waals surface area (Å²) in [4.78, 5) is 16.8. The topological polar surface area (TPSA) is 66.9 Å². The summed E-state index contributed by atoms with van der Waals surface area (Å²) in [6, 6.07) is 17.0. The molecule has 29 heavy (non-hydrogen) atoms. The quantitative estimate of drug-likeness (QED) is 0.725. The summed E-state index contributed by atoms with van der Waals surface area (Å²) in [6.07, 6.45) is 1.80. The van der Waals surface area contributed by atoms with Crippen molar-refractivity contribution < 1.29 is 17.9 Å². The largest absolute Gasteiger partial charge is 0.497 e. The minimum atomic E-state index is -3.19. The number of carbonyl (C=O) groups is 1. The fourth-order valence-electron chi connectivity index (χ4n) is 4.43. The van der Waals surface area contributed by atoms with Crippen molar-refractivity contribution in [3.8, 4) is 5.75 Å². The predicted octanol–water partition coefficient (Wildman–Crippen LogP) is 2.14. The van der Waals surface area contributed by atoms with Gasteiger partial charge in [-0.2, -0.15) is 0 Å². The van der Waals surface area contributed by atoms with Gasteiger partial charge in [0.25, 0.3) is 0 Å². The van der Waals surface area contributed by atoms with E-state index in [2.05, 4.69) is 17.0 Å². The number of benzene rings is 2. The van der Waals surface area contributed by atoms with Gasteiger partial charge in [-0.05, 0) is 37.1 Å². The lowest BCUT2D eigenvalue weighted by atomic mass is 10.0. The third kappa shape index (κ3) is 4.31. The van der Waals surface area contributed by atoms with Gasteiger partial charge in [-0.1, -0.05) is 36.4 Å². The van der Waals surface area contributed by atoms with Crippen LogP contribution >= 0.6 is 0 Å². The molecular formula is C22H26N2O4S. The summed E-state index contributed by atoms with van der Waals surface area (Å²) in [6.45, 7) is 0.950. The highest BCUT2D eigenvalue weighted by Crippen LogP contribution is 2.33. The Hall–Kier alpha value is -2.38. The summed E-state index contributed by atoms with van der Waals surface area (Å²) in [5.41, 5.74) is 1.95. The molecule has 0 radical (unpaired) electrons. The molecule has 2 unspecified atom stereocenters. The molecule has 0 saturated carbocycles. The lowest BCUT2D eigenvalue weighted by Gasteiger charge is -2.43. The minimum Gasteiger partial charge on any atom is -0.497 e. The van der Waals surface area contributed by atoms with E-state index in [4.69, 9.17) is 4.74 Å². The van der Waals surface area contributed by atoms with E-state index in [0.717, 1.165) is 12.8 Å². The van der Waals surface area contributed by atoms with Crippen molar-refractivity contribution in [2.45, 2.75) is 24.9 Å². The Kier molecular flexibility index (Phi) is 5.61. The van der Waals surface area contributed by atoms with Crippen LogP contribution in [0.25, 0.3) is 0 Å². The average molecular weight is 415 g/mol. The van der Waals surface area contributed by atoms with Crippen LogP contribution in [-0.2, 0) is 21.1 Å². The fourth-order valence-corrected chi connectivity index (χ4v) is 6.41. The second kappa shape index (κ2) is 8.16. The molecule has 2 atom stereocenters. The van der Waals surface area contributed by atoms with Gasteiger partial charge in [-0.15, -0.1) is 0 Å². The van der Waals surface area contributed by atoms with Crippen LogP contribution < -0.4 is 9.64 Å². The molecule has 2 fully saturated rings. The fraction of sp³-hybridized carbons (Fsp3) is 0.409. The number of sulfone groups is 1. The Morgan fingerprint density at radius 2 is 1.79 bits per heavy atom. The number of ether oxygens (including phenoxy) is 1.